The molecule has 2 aliphatic rings. The molecular weight excluding hydrogens is 661 g/mol. The smallest absolute Gasteiger partial charge is 0.407 e. The number of carbonyl (C=O) groups excluding carboxylic acids is 4. The first-order chi connectivity index (χ1) is 24.5. The summed E-state index contributed by atoms with van der Waals surface area (Å²) in [7, 11) is 0. The Morgan fingerprint density at radius 2 is 1.69 bits per heavy atom. The summed E-state index contributed by atoms with van der Waals surface area (Å²) < 4.78 is 42.8. The van der Waals surface area contributed by atoms with Crippen LogP contribution in [0.4, 0.5) is 14.0 Å². The molecule has 2 fully saturated rings. The highest BCUT2D eigenvalue weighted by atomic mass is 19.1. The molecule has 2 aliphatic heterocycles. The van der Waals surface area contributed by atoms with Gasteiger partial charge in [-0.3, -0.25) is 4.79 Å². The van der Waals surface area contributed by atoms with Crippen molar-refractivity contribution in [3.8, 4) is 0 Å². The van der Waals surface area contributed by atoms with E-state index in [-0.39, 0.29) is 43.7 Å². The standard InChI is InChI=1S/C38H52FN3O9/c1-4-47-35(44)33(21-26(2)3)42-34(43)17-16-30-22-32(49-37(46)40-20-18-27-12-14-29(39)15-13-27)23-38(50-30)19-8-11-31(51-38)25-48-36(45)41-24-28-9-6-5-7-10-28/h5-7,9-10,12-15,26,30-33H,4,8,11,16-25H2,1-3H3,(H,40,46)(H,41,45)(H,42,43)/t30-,31-,32-,33+,38+/m1/s1. The van der Waals surface area contributed by atoms with Crippen LogP contribution in [0.5, 0.6) is 0 Å². The average Bonchev–Trinajstić information content (AvgIpc) is 3.10. The van der Waals surface area contributed by atoms with Crippen LogP contribution in [0.1, 0.15) is 83.3 Å². The van der Waals surface area contributed by atoms with E-state index in [9.17, 15) is 23.6 Å². The van der Waals surface area contributed by atoms with Gasteiger partial charge in [-0.15, -0.1) is 0 Å². The van der Waals surface area contributed by atoms with Crippen molar-refractivity contribution in [1.82, 2.24) is 16.0 Å². The first-order valence-corrected chi connectivity index (χ1v) is 18.0. The van der Waals surface area contributed by atoms with Crippen LogP contribution in [0.25, 0.3) is 0 Å². The zero-order valence-corrected chi connectivity index (χ0v) is 29.8. The highest BCUT2D eigenvalue weighted by Crippen LogP contribution is 2.41. The average molecular weight is 714 g/mol. The zero-order valence-electron chi connectivity index (χ0n) is 29.8. The second-order valence-corrected chi connectivity index (χ2v) is 13.5. The molecule has 13 heteroatoms. The summed E-state index contributed by atoms with van der Waals surface area (Å²) in [6.07, 6.45) is 1.10. The quantitative estimate of drug-likeness (QED) is 0.147. The van der Waals surface area contributed by atoms with Gasteiger partial charge in [-0.1, -0.05) is 56.3 Å². The molecule has 3 N–H and O–H groups in total. The van der Waals surface area contributed by atoms with E-state index in [0.29, 0.717) is 51.6 Å². The minimum atomic E-state index is -1.11. The summed E-state index contributed by atoms with van der Waals surface area (Å²) in [4.78, 5) is 50.8. The van der Waals surface area contributed by atoms with Crippen LogP contribution >= 0.6 is 0 Å². The second kappa shape index (κ2) is 20.0. The number of hydrogen-bond acceptors (Lipinski definition) is 9. The van der Waals surface area contributed by atoms with Crippen molar-refractivity contribution in [3.63, 3.8) is 0 Å². The SMILES string of the molecule is CCOC(=O)[C@H](CC(C)C)NC(=O)CC[C@@H]1C[C@@H](OC(=O)NCCc2ccc(F)cc2)C[C@@]2(CCC[C@H](COC(=O)NCc3ccccc3)O2)O1. The van der Waals surface area contributed by atoms with Crippen molar-refractivity contribution in [2.24, 2.45) is 5.92 Å². The molecule has 0 saturated carbocycles. The minimum Gasteiger partial charge on any atom is -0.464 e. The molecule has 3 amide bonds. The number of esters is 1. The van der Waals surface area contributed by atoms with E-state index < -0.39 is 48.3 Å². The molecule has 51 heavy (non-hydrogen) atoms. The van der Waals surface area contributed by atoms with E-state index in [1.54, 1.807) is 19.1 Å². The Hall–Kier alpha value is -4.23. The zero-order chi connectivity index (χ0) is 36.6. The molecule has 2 heterocycles. The first-order valence-electron chi connectivity index (χ1n) is 18.0. The van der Waals surface area contributed by atoms with Gasteiger partial charge >= 0.3 is 18.2 Å². The summed E-state index contributed by atoms with van der Waals surface area (Å²) >= 11 is 0. The topological polar surface area (TPSA) is 151 Å². The van der Waals surface area contributed by atoms with E-state index in [4.69, 9.17) is 23.7 Å². The van der Waals surface area contributed by atoms with Crippen LogP contribution in [-0.2, 0) is 46.2 Å². The summed E-state index contributed by atoms with van der Waals surface area (Å²) in [6.45, 7) is 6.50. The summed E-state index contributed by atoms with van der Waals surface area (Å²) in [5, 5.41) is 8.32. The van der Waals surface area contributed by atoms with Crippen LogP contribution in [0.2, 0.25) is 0 Å². The first kappa shape index (κ1) is 39.6. The van der Waals surface area contributed by atoms with Gasteiger partial charge in [0.1, 0.15) is 24.6 Å². The number of nitrogens with one attached hydrogen (secondary N) is 3. The van der Waals surface area contributed by atoms with E-state index in [0.717, 1.165) is 17.5 Å². The molecule has 12 nitrogen and oxygen atoms in total. The van der Waals surface area contributed by atoms with Gasteiger partial charge in [0.05, 0.1) is 18.8 Å². The Bertz CT molecular complexity index is 1410. The lowest BCUT2D eigenvalue weighted by Crippen LogP contribution is -2.54. The lowest BCUT2D eigenvalue weighted by molar-refractivity contribution is -0.329. The summed E-state index contributed by atoms with van der Waals surface area (Å²) in [5.41, 5.74) is 1.82. The highest BCUT2D eigenvalue weighted by Gasteiger charge is 2.47. The number of hydrogen-bond donors (Lipinski definition) is 3. The Labute approximate surface area is 299 Å². The number of carbonyl (C=O) groups is 4. The largest absolute Gasteiger partial charge is 0.464 e. The van der Waals surface area contributed by atoms with Crippen molar-refractivity contribution >= 4 is 24.1 Å². The molecular formula is C38H52FN3O9. The van der Waals surface area contributed by atoms with Crippen LogP contribution in [-0.4, -0.2) is 74.0 Å². The number of rotatable bonds is 16. The van der Waals surface area contributed by atoms with E-state index in [1.807, 2.05) is 44.2 Å². The summed E-state index contributed by atoms with van der Waals surface area (Å²) in [5.74, 6) is -2.06. The van der Waals surface area contributed by atoms with Gasteiger partial charge < -0.3 is 39.6 Å². The fourth-order valence-corrected chi connectivity index (χ4v) is 6.39. The Kier molecular flexibility index (Phi) is 15.5. The van der Waals surface area contributed by atoms with Gasteiger partial charge in [0.15, 0.2) is 5.79 Å². The Balaban J connectivity index is 1.35. The number of ether oxygens (including phenoxy) is 5. The predicted molar refractivity (Wildman–Crippen MR) is 186 cm³/mol. The molecule has 4 rings (SSSR count). The lowest BCUT2D eigenvalue weighted by Gasteiger charge is -2.47. The maximum Gasteiger partial charge on any atom is 0.407 e. The maximum absolute atomic E-state index is 13.3. The van der Waals surface area contributed by atoms with Gasteiger partial charge in [-0.05, 0) is 68.2 Å². The lowest BCUT2D eigenvalue weighted by atomic mass is 9.90. The van der Waals surface area contributed by atoms with Gasteiger partial charge in [-0.25, -0.2) is 18.8 Å². The van der Waals surface area contributed by atoms with E-state index >= 15 is 0 Å². The molecule has 2 aromatic rings. The fourth-order valence-electron chi connectivity index (χ4n) is 6.39. The normalized spacial score (nSPS) is 22.1. The van der Waals surface area contributed by atoms with Crippen molar-refractivity contribution in [2.45, 2.75) is 115 Å². The van der Waals surface area contributed by atoms with Crippen LogP contribution < -0.4 is 16.0 Å². The van der Waals surface area contributed by atoms with Crippen LogP contribution in [0.15, 0.2) is 54.6 Å². The predicted octanol–water partition coefficient (Wildman–Crippen LogP) is 5.71. The van der Waals surface area contributed by atoms with Crippen LogP contribution in [0.3, 0.4) is 0 Å². The number of halogens is 1. The molecule has 0 bridgehead atoms. The van der Waals surface area contributed by atoms with E-state index in [1.165, 1.54) is 12.1 Å². The summed E-state index contributed by atoms with van der Waals surface area (Å²) in [6, 6.07) is 14.8. The van der Waals surface area contributed by atoms with Gasteiger partial charge in [0, 0.05) is 38.8 Å². The van der Waals surface area contributed by atoms with Crippen molar-refractivity contribution in [3.05, 3.63) is 71.5 Å². The maximum atomic E-state index is 13.3. The minimum absolute atomic E-state index is 0.0132. The molecule has 280 valence electrons. The van der Waals surface area contributed by atoms with Crippen molar-refractivity contribution in [2.75, 3.05) is 19.8 Å². The molecule has 5 atom stereocenters. The molecule has 0 aliphatic carbocycles. The van der Waals surface area contributed by atoms with E-state index in [2.05, 4.69) is 16.0 Å². The Morgan fingerprint density at radius 1 is 0.941 bits per heavy atom. The van der Waals surface area contributed by atoms with Crippen molar-refractivity contribution < 1.29 is 47.3 Å². The fraction of sp³-hybridized carbons (Fsp3) is 0.579. The molecule has 0 aromatic heterocycles. The third-order valence-electron chi connectivity index (χ3n) is 8.77. The second-order valence-electron chi connectivity index (χ2n) is 13.5. The monoisotopic (exact) mass is 713 g/mol. The molecule has 0 radical (unpaired) electrons. The van der Waals surface area contributed by atoms with Gasteiger partial charge in [0.25, 0.3) is 0 Å². The third-order valence-corrected chi connectivity index (χ3v) is 8.77. The molecule has 0 unspecified atom stereocenters. The Morgan fingerprint density at radius 3 is 2.41 bits per heavy atom. The third kappa shape index (κ3) is 13.8. The number of benzene rings is 2. The highest BCUT2D eigenvalue weighted by molar-refractivity contribution is 5.84. The molecule has 1 spiro atoms. The number of alkyl carbamates (subject to hydrolysis) is 2. The van der Waals surface area contributed by atoms with Crippen LogP contribution in [0, 0.1) is 11.7 Å². The number of amides is 3. The van der Waals surface area contributed by atoms with Gasteiger partial charge in [0.2, 0.25) is 5.91 Å². The molecule has 2 saturated heterocycles. The molecule has 2 aromatic carbocycles. The van der Waals surface area contributed by atoms with Crippen molar-refractivity contribution in [1.29, 1.82) is 0 Å². The van der Waals surface area contributed by atoms with Gasteiger partial charge in [-0.2, -0.15) is 0 Å².